The highest BCUT2D eigenvalue weighted by Crippen LogP contribution is 2.20. The second-order valence-corrected chi connectivity index (χ2v) is 7.04. The Morgan fingerprint density at radius 1 is 1.35 bits per heavy atom. The predicted octanol–water partition coefficient (Wildman–Crippen LogP) is 2.25. The first-order valence-electron chi connectivity index (χ1n) is 8.99. The van der Waals surface area contributed by atoms with Crippen molar-refractivity contribution in [2.45, 2.75) is 52.6 Å². The highest BCUT2D eigenvalue weighted by molar-refractivity contribution is 5.95. The molecule has 2 aromatic heterocycles. The normalized spacial score (nSPS) is 18.1. The highest BCUT2D eigenvalue weighted by atomic mass is 16.5. The maximum absolute atomic E-state index is 12.5. The van der Waals surface area contributed by atoms with E-state index in [9.17, 15) is 9.59 Å². The van der Waals surface area contributed by atoms with E-state index in [0.29, 0.717) is 31.5 Å². The van der Waals surface area contributed by atoms with Crippen molar-refractivity contribution < 1.29 is 14.1 Å². The quantitative estimate of drug-likeness (QED) is 0.909. The van der Waals surface area contributed by atoms with Crippen LogP contribution in [0.4, 0.5) is 0 Å². The Bertz CT molecular complexity index is 801. The molecule has 1 atom stereocenters. The van der Waals surface area contributed by atoms with Gasteiger partial charge in [-0.2, -0.15) is 0 Å². The summed E-state index contributed by atoms with van der Waals surface area (Å²) in [5, 5.41) is 7.05. The summed E-state index contributed by atoms with van der Waals surface area (Å²) in [5.74, 6) is 0.793. The number of likely N-dealkylation sites (tertiary alicyclic amines) is 1. The van der Waals surface area contributed by atoms with Gasteiger partial charge in [-0.1, -0.05) is 5.16 Å². The molecule has 1 aliphatic rings. The number of amides is 2. The molecule has 0 aromatic carbocycles. The number of aryl methyl sites for hydroxylation is 3. The van der Waals surface area contributed by atoms with Crippen molar-refractivity contribution in [1.82, 2.24) is 19.9 Å². The van der Waals surface area contributed by atoms with Crippen molar-refractivity contribution in [3.63, 3.8) is 0 Å². The molecule has 7 nitrogen and oxygen atoms in total. The van der Waals surface area contributed by atoms with Crippen LogP contribution in [0, 0.1) is 20.8 Å². The fraction of sp³-hybridized carbons (Fsp3) is 0.526. The molecule has 7 heteroatoms. The minimum absolute atomic E-state index is 0.000671. The predicted molar refractivity (Wildman–Crippen MR) is 96.6 cm³/mol. The van der Waals surface area contributed by atoms with Gasteiger partial charge in [0.25, 0.3) is 5.91 Å². The van der Waals surface area contributed by atoms with Gasteiger partial charge in [-0.3, -0.25) is 9.59 Å². The van der Waals surface area contributed by atoms with Crippen molar-refractivity contribution in [2.24, 2.45) is 7.05 Å². The van der Waals surface area contributed by atoms with Crippen LogP contribution in [0.5, 0.6) is 0 Å². The molecular formula is C19H26N4O3. The van der Waals surface area contributed by atoms with E-state index in [1.165, 1.54) is 0 Å². The zero-order chi connectivity index (χ0) is 18.8. The number of nitrogens with one attached hydrogen (secondary N) is 1. The molecule has 0 aliphatic carbocycles. The molecule has 0 bridgehead atoms. The van der Waals surface area contributed by atoms with E-state index >= 15 is 0 Å². The van der Waals surface area contributed by atoms with E-state index in [4.69, 9.17) is 4.52 Å². The Morgan fingerprint density at radius 2 is 2.12 bits per heavy atom. The molecule has 1 saturated heterocycles. The first-order chi connectivity index (χ1) is 12.4. The molecule has 26 heavy (non-hydrogen) atoms. The fourth-order valence-electron chi connectivity index (χ4n) is 3.38. The zero-order valence-electron chi connectivity index (χ0n) is 15.8. The summed E-state index contributed by atoms with van der Waals surface area (Å²) in [6, 6.07) is 1.83. The van der Waals surface area contributed by atoms with Crippen LogP contribution in [-0.2, 0) is 18.4 Å². The molecule has 1 aliphatic heterocycles. The van der Waals surface area contributed by atoms with Crippen LogP contribution in [-0.4, -0.2) is 39.0 Å². The van der Waals surface area contributed by atoms with Crippen LogP contribution in [0.25, 0.3) is 0 Å². The van der Waals surface area contributed by atoms with Crippen LogP contribution >= 0.6 is 0 Å². The number of carbonyl (C=O) groups is 2. The van der Waals surface area contributed by atoms with E-state index < -0.39 is 0 Å². The molecule has 1 unspecified atom stereocenters. The van der Waals surface area contributed by atoms with Crippen molar-refractivity contribution in [1.29, 1.82) is 0 Å². The Kier molecular flexibility index (Phi) is 5.15. The Hall–Kier alpha value is -2.57. The smallest absolute Gasteiger partial charge is 0.253 e. The molecule has 1 N–H and O–H groups in total. The van der Waals surface area contributed by atoms with Gasteiger partial charge < -0.3 is 19.3 Å². The second kappa shape index (κ2) is 7.35. The monoisotopic (exact) mass is 358 g/mol. The SMILES string of the molecule is Cc1noc(C)c1CN1CCC(NC(=O)c2ccn(C)c2C)CCC1=O. The molecule has 0 radical (unpaired) electrons. The van der Waals surface area contributed by atoms with Crippen molar-refractivity contribution in [2.75, 3.05) is 6.54 Å². The summed E-state index contributed by atoms with van der Waals surface area (Å²) in [7, 11) is 1.92. The van der Waals surface area contributed by atoms with Crippen LogP contribution in [0.3, 0.4) is 0 Å². The lowest BCUT2D eigenvalue weighted by molar-refractivity contribution is -0.131. The fourth-order valence-corrected chi connectivity index (χ4v) is 3.38. The van der Waals surface area contributed by atoms with Crippen molar-refractivity contribution in [3.8, 4) is 0 Å². The second-order valence-electron chi connectivity index (χ2n) is 7.04. The van der Waals surface area contributed by atoms with Gasteiger partial charge in [-0.05, 0) is 39.7 Å². The van der Waals surface area contributed by atoms with Gasteiger partial charge in [0.05, 0.1) is 17.8 Å². The van der Waals surface area contributed by atoms with Gasteiger partial charge in [0.2, 0.25) is 5.91 Å². The first kappa shape index (κ1) is 18.2. The number of hydrogen-bond acceptors (Lipinski definition) is 4. The van der Waals surface area contributed by atoms with Gasteiger partial charge in [0, 0.05) is 43.5 Å². The Balaban J connectivity index is 1.63. The number of rotatable bonds is 4. The van der Waals surface area contributed by atoms with E-state index in [1.54, 1.807) is 0 Å². The third-order valence-corrected chi connectivity index (χ3v) is 5.30. The minimum Gasteiger partial charge on any atom is -0.361 e. The lowest BCUT2D eigenvalue weighted by Crippen LogP contribution is -2.36. The summed E-state index contributed by atoms with van der Waals surface area (Å²) in [4.78, 5) is 26.8. The number of aromatic nitrogens is 2. The largest absolute Gasteiger partial charge is 0.361 e. The average molecular weight is 358 g/mol. The topological polar surface area (TPSA) is 80.4 Å². The van der Waals surface area contributed by atoms with Crippen LogP contribution in [0.1, 0.15) is 52.3 Å². The molecule has 1 fully saturated rings. The van der Waals surface area contributed by atoms with Crippen LogP contribution < -0.4 is 5.32 Å². The van der Waals surface area contributed by atoms with Crippen molar-refractivity contribution >= 4 is 11.8 Å². The summed E-state index contributed by atoms with van der Waals surface area (Å²) in [6.07, 6.45) is 3.72. The lowest BCUT2D eigenvalue weighted by Gasteiger charge is -2.21. The van der Waals surface area contributed by atoms with Crippen molar-refractivity contribution in [3.05, 3.63) is 40.5 Å². The molecule has 3 heterocycles. The maximum atomic E-state index is 12.5. The first-order valence-corrected chi connectivity index (χ1v) is 8.99. The number of nitrogens with zero attached hydrogens (tertiary/aromatic N) is 3. The molecule has 3 rings (SSSR count). The zero-order valence-corrected chi connectivity index (χ0v) is 15.8. The molecule has 140 valence electrons. The van der Waals surface area contributed by atoms with E-state index in [1.807, 2.05) is 49.5 Å². The molecular weight excluding hydrogens is 332 g/mol. The highest BCUT2D eigenvalue weighted by Gasteiger charge is 2.26. The van der Waals surface area contributed by atoms with Gasteiger partial charge in [0.15, 0.2) is 0 Å². The minimum atomic E-state index is -0.0697. The van der Waals surface area contributed by atoms with E-state index in [2.05, 4.69) is 10.5 Å². The summed E-state index contributed by atoms with van der Waals surface area (Å²) < 4.78 is 7.12. The standard InChI is InChI=1S/C19H26N4O3/c1-12-17(14(3)26-21-12)11-23-10-7-15(5-6-18(23)24)20-19(25)16-8-9-22(4)13(16)2/h8-9,15H,5-7,10-11H2,1-4H3,(H,20,25). The van der Waals surface area contributed by atoms with Gasteiger partial charge >= 0.3 is 0 Å². The van der Waals surface area contributed by atoms with Gasteiger partial charge in [-0.15, -0.1) is 0 Å². The van der Waals surface area contributed by atoms with Gasteiger partial charge in [0.1, 0.15) is 5.76 Å². The van der Waals surface area contributed by atoms with Crippen LogP contribution in [0.2, 0.25) is 0 Å². The van der Waals surface area contributed by atoms with Crippen LogP contribution in [0.15, 0.2) is 16.8 Å². The molecule has 2 amide bonds. The third kappa shape index (κ3) is 3.66. The van der Waals surface area contributed by atoms with E-state index in [-0.39, 0.29) is 17.9 Å². The molecule has 0 saturated carbocycles. The summed E-state index contributed by atoms with van der Waals surface area (Å²) in [6.45, 7) is 6.80. The van der Waals surface area contributed by atoms with Gasteiger partial charge in [-0.25, -0.2) is 0 Å². The lowest BCUT2D eigenvalue weighted by atomic mass is 10.1. The number of hydrogen-bond donors (Lipinski definition) is 1. The maximum Gasteiger partial charge on any atom is 0.253 e. The Morgan fingerprint density at radius 3 is 2.73 bits per heavy atom. The average Bonchev–Trinajstić information content (AvgIpc) is 3.04. The Labute approximate surface area is 153 Å². The summed E-state index contributed by atoms with van der Waals surface area (Å²) in [5.41, 5.74) is 3.42. The molecule has 0 spiro atoms. The molecule has 2 aromatic rings. The summed E-state index contributed by atoms with van der Waals surface area (Å²) >= 11 is 0. The van der Waals surface area contributed by atoms with E-state index in [0.717, 1.165) is 29.1 Å². The number of carbonyl (C=O) groups excluding carboxylic acids is 2. The third-order valence-electron chi connectivity index (χ3n) is 5.30.